The summed E-state index contributed by atoms with van der Waals surface area (Å²) in [5.41, 5.74) is 0. The average molecular weight is 212 g/mol. The molecule has 1 fully saturated rings. The van der Waals surface area contributed by atoms with Crippen molar-refractivity contribution in [2.75, 3.05) is 13.7 Å². The fourth-order valence-electron chi connectivity index (χ4n) is 1.45. The van der Waals surface area contributed by atoms with Gasteiger partial charge in [0.05, 0.1) is 5.92 Å². The number of amides is 1. The number of rotatable bonds is 1. The van der Waals surface area contributed by atoms with Gasteiger partial charge in [-0.15, -0.1) is 0 Å². The molecule has 0 saturated carbocycles. The summed E-state index contributed by atoms with van der Waals surface area (Å²) in [6.07, 6.45) is -7.44. The topological polar surface area (TPSA) is 52.6 Å². The summed E-state index contributed by atoms with van der Waals surface area (Å²) in [6.45, 7) is -0.607. The number of carboxylic acid groups (broad SMARTS) is 1. The van der Waals surface area contributed by atoms with Crippen LogP contribution >= 0.6 is 0 Å². The largest absolute Gasteiger partial charge is 0.530 e. The predicted molar refractivity (Wildman–Crippen MR) is 37.1 cm³/mol. The molecule has 4 nitrogen and oxygen atoms in total. The van der Waals surface area contributed by atoms with Gasteiger partial charge in [0, 0.05) is 20.1 Å². The number of nitrogens with zero attached hydrogens (tertiary/aromatic N) is 1. The van der Waals surface area contributed by atoms with Crippen LogP contribution in [0, 0.1) is 5.92 Å². The van der Waals surface area contributed by atoms with Crippen molar-refractivity contribution in [1.82, 2.24) is 4.90 Å². The van der Waals surface area contributed by atoms with Crippen LogP contribution < -0.4 is 5.11 Å². The molecule has 2 unspecified atom stereocenters. The molecule has 1 aliphatic heterocycles. The summed E-state index contributed by atoms with van der Waals surface area (Å²) in [6, 6.07) is 0. The lowest BCUT2D eigenvalue weighted by atomic mass is 10.1. The van der Waals surface area contributed by atoms with E-state index in [1.807, 2.05) is 0 Å². The van der Waals surface area contributed by atoms with E-state index >= 15 is 0 Å². The van der Waals surface area contributed by atoms with Gasteiger partial charge in [0.2, 0.25) is 0 Å². The molecule has 1 saturated heterocycles. The molecule has 2 atom stereocenters. The molecule has 1 amide bonds. The maximum atomic E-state index is 12.2. The average Bonchev–Trinajstić information content (AvgIpc) is 2.45. The summed E-state index contributed by atoms with van der Waals surface area (Å²) in [4.78, 5) is 11.0. The zero-order chi connectivity index (χ0) is 10.9. The van der Waals surface area contributed by atoms with Crippen molar-refractivity contribution in [1.29, 1.82) is 0 Å². The van der Waals surface area contributed by atoms with Crippen molar-refractivity contribution in [2.24, 2.45) is 5.92 Å². The minimum Gasteiger partial charge on any atom is -0.530 e. The van der Waals surface area contributed by atoms with E-state index in [9.17, 15) is 23.1 Å². The molecule has 0 radical (unpaired) electrons. The molecule has 1 heterocycles. The Morgan fingerprint density at radius 2 is 2.14 bits per heavy atom. The van der Waals surface area contributed by atoms with Crippen LogP contribution in [0.3, 0.4) is 0 Å². The van der Waals surface area contributed by atoms with Crippen molar-refractivity contribution in [3.63, 3.8) is 0 Å². The molecule has 1 rings (SSSR count). The fourth-order valence-corrected chi connectivity index (χ4v) is 1.45. The standard InChI is InChI=1S/C7H10F3NO3/c1-14-5-2-4(7(8,9)10)3-11(5)6(12)13/h4-5H,2-3H2,1H3,(H,12,13)/p-1. The third-order valence-corrected chi connectivity index (χ3v) is 2.22. The molecule has 82 valence electrons. The Morgan fingerprint density at radius 3 is 2.43 bits per heavy atom. The smallest absolute Gasteiger partial charge is 0.393 e. The van der Waals surface area contributed by atoms with Crippen LogP contribution in [0.2, 0.25) is 0 Å². The molecule has 14 heavy (non-hydrogen) atoms. The van der Waals surface area contributed by atoms with Crippen LogP contribution in [0.4, 0.5) is 18.0 Å². The molecule has 1 aliphatic rings. The second-order valence-electron chi connectivity index (χ2n) is 3.08. The van der Waals surface area contributed by atoms with E-state index in [0.29, 0.717) is 4.90 Å². The van der Waals surface area contributed by atoms with E-state index in [1.165, 1.54) is 7.11 Å². The number of methoxy groups -OCH3 is 1. The molecule has 0 spiro atoms. The van der Waals surface area contributed by atoms with Gasteiger partial charge in [0.15, 0.2) is 0 Å². The van der Waals surface area contributed by atoms with E-state index < -0.39 is 31.0 Å². The molecule has 0 bridgehead atoms. The second kappa shape index (κ2) is 3.64. The first kappa shape index (κ1) is 11.1. The first-order chi connectivity index (χ1) is 6.36. The number of halogens is 3. The van der Waals surface area contributed by atoms with Crippen molar-refractivity contribution in [3.8, 4) is 0 Å². The molecule has 0 aliphatic carbocycles. The Labute approximate surface area is 78.2 Å². The summed E-state index contributed by atoms with van der Waals surface area (Å²) >= 11 is 0. The van der Waals surface area contributed by atoms with Crippen molar-refractivity contribution >= 4 is 6.09 Å². The summed E-state index contributed by atoms with van der Waals surface area (Å²) < 4.78 is 41.3. The van der Waals surface area contributed by atoms with Crippen LogP contribution in [0.1, 0.15) is 6.42 Å². The van der Waals surface area contributed by atoms with Gasteiger partial charge < -0.3 is 19.5 Å². The predicted octanol–water partition coefficient (Wildman–Crippen LogP) is 0.186. The number of hydrogen-bond donors (Lipinski definition) is 0. The number of likely N-dealkylation sites (tertiary alicyclic amines) is 1. The van der Waals surface area contributed by atoms with Gasteiger partial charge >= 0.3 is 6.18 Å². The number of ether oxygens (including phenoxy) is 1. The Morgan fingerprint density at radius 1 is 1.57 bits per heavy atom. The van der Waals surface area contributed by atoms with Gasteiger partial charge in [-0.25, -0.2) is 0 Å². The Kier molecular flexibility index (Phi) is 2.89. The van der Waals surface area contributed by atoms with Gasteiger partial charge in [0.25, 0.3) is 0 Å². The van der Waals surface area contributed by atoms with Crippen LogP contribution in [0.5, 0.6) is 0 Å². The molecule has 0 aromatic heterocycles. The molecule has 0 aromatic rings. The van der Waals surface area contributed by atoms with Crippen molar-refractivity contribution in [2.45, 2.75) is 18.8 Å². The fraction of sp³-hybridized carbons (Fsp3) is 0.857. The maximum absolute atomic E-state index is 12.2. The van der Waals surface area contributed by atoms with Gasteiger partial charge in [-0.2, -0.15) is 13.2 Å². The van der Waals surface area contributed by atoms with E-state index in [-0.39, 0.29) is 6.42 Å². The monoisotopic (exact) mass is 212 g/mol. The number of hydrogen-bond acceptors (Lipinski definition) is 3. The summed E-state index contributed by atoms with van der Waals surface area (Å²) in [5.74, 6) is -1.66. The van der Waals surface area contributed by atoms with Crippen molar-refractivity contribution in [3.05, 3.63) is 0 Å². The highest BCUT2D eigenvalue weighted by molar-refractivity contribution is 5.63. The Balaban J connectivity index is 2.70. The van der Waals surface area contributed by atoms with E-state index in [2.05, 4.69) is 4.74 Å². The lowest BCUT2D eigenvalue weighted by Crippen LogP contribution is -2.45. The minimum absolute atomic E-state index is 0.367. The van der Waals surface area contributed by atoms with E-state index in [1.54, 1.807) is 0 Å². The van der Waals surface area contributed by atoms with E-state index in [0.717, 1.165) is 0 Å². The highest BCUT2D eigenvalue weighted by Gasteiger charge is 2.47. The van der Waals surface area contributed by atoms with Crippen LogP contribution in [0.15, 0.2) is 0 Å². The van der Waals surface area contributed by atoms with Crippen molar-refractivity contribution < 1.29 is 27.8 Å². The summed E-state index contributed by atoms with van der Waals surface area (Å²) in [5, 5.41) is 10.4. The second-order valence-corrected chi connectivity index (χ2v) is 3.08. The first-order valence-corrected chi connectivity index (χ1v) is 3.93. The molecule has 0 N–H and O–H groups in total. The Hall–Kier alpha value is -0.980. The zero-order valence-corrected chi connectivity index (χ0v) is 7.37. The third kappa shape index (κ3) is 2.09. The van der Waals surface area contributed by atoms with Gasteiger partial charge in [0.1, 0.15) is 12.3 Å². The lowest BCUT2D eigenvalue weighted by molar-refractivity contribution is -0.272. The SMILES string of the molecule is COC1CC(C(F)(F)F)CN1C(=O)[O-]. The number of carbonyl (C=O) groups is 1. The normalized spacial score (nSPS) is 28.1. The van der Waals surface area contributed by atoms with E-state index in [4.69, 9.17) is 0 Å². The third-order valence-electron chi connectivity index (χ3n) is 2.22. The van der Waals surface area contributed by atoms with Gasteiger partial charge in [-0.05, 0) is 0 Å². The summed E-state index contributed by atoms with van der Waals surface area (Å²) in [7, 11) is 1.17. The lowest BCUT2D eigenvalue weighted by Gasteiger charge is -2.25. The molecular weight excluding hydrogens is 203 g/mol. The Bertz CT molecular complexity index is 231. The first-order valence-electron chi connectivity index (χ1n) is 3.93. The van der Waals surface area contributed by atoms with Crippen LogP contribution in [0.25, 0.3) is 0 Å². The highest BCUT2D eigenvalue weighted by Crippen LogP contribution is 2.36. The number of alkyl halides is 3. The molecule has 7 heteroatoms. The minimum atomic E-state index is -4.39. The molecule has 0 aromatic carbocycles. The highest BCUT2D eigenvalue weighted by atomic mass is 19.4. The molecular formula is C7H9F3NO3-. The quantitative estimate of drug-likeness (QED) is 0.623. The van der Waals surface area contributed by atoms with Crippen LogP contribution in [-0.2, 0) is 4.74 Å². The van der Waals surface area contributed by atoms with Crippen LogP contribution in [-0.4, -0.2) is 37.1 Å². The van der Waals surface area contributed by atoms with Gasteiger partial charge in [-0.1, -0.05) is 0 Å². The van der Waals surface area contributed by atoms with Gasteiger partial charge in [-0.3, -0.25) is 0 Å². The zero-order valence-electron chi connectivity index (χ0n) is 7.37. The maximum Gasteiger partial charge on any atom is 0.393 e. The number of carbonyl (C=O) groups excluding carboxylic acids is 1.